The van der Waals surface area contributed by atoms with Gasteiger partial charge in [0.25, 0.3) is 0 Å². The minimum absolute atomic E-state index is 0.207. The average Bonchev–Trinajstić information content (AvgIpc) is 2.71. The summed E-state index contributed by atoms with van der Waals surface area (Å²) in [6.45, 7) is 1.36. The number of carbonyl (C=O) groups excluding carboxylic acids is 1. The first-order valence-corrected chi connectivity index (χ1v) is 5.22. The molecule has 1 amide bonds. The molecule has 1 aromatic carbocycles. The molecule has 0 unspecified atom stereocenters. The molecule has 1 fully saturated rings. The van der Waals surface area contributed by atoms with Crippen molar-refractivity contribution in [2.75, 3.05) is 18.0 Å². The number of hydrogen-bond donors (Lipinski definition) is 2. The van der Waals surface area contributed by atoms with Crippen molar-refractivity contribution in [2.45, 2.75) is 12.6 Å². The Morgan fingerprint density at radius 3 is 2.50 bits per heavy atom. The number of hydrogen-bond acceptors (Lipinski definition) is 4. The Morgan fingerprint density at radius 1 is 1.31 bits per heavy atom. The fraction of sp³-hybridized carbons (Fsp3) is 0.364. The van der Waals surface area contributed by atoms with Crippen molar-refractivity contribution in [3.63, 3.8) is 0 Å². The summed E-state index contributed by atoms with van der Waals surface area (Å²) < 4.78 is 5.07. The minimum atomic E-state index is -0.337. The fourth-order valence-corrected chi connectivity index (χ4v) is 1.67. The van der Waals surface area contributed by atoms with E-state index in [1.165, 1.54) is 0 Å². The minimum Gasteiger partial charge on any atom is -0.443 e. The maximum Gasteiger partial charge on any atom is 0.414 e. The zero-order valence-corrected chi connectivity index (χ0v) is 8.93. The molecule has 5 heteroatoms. The molecular weight excluding hydrogens is 206 g/mol. The van der Waals surface area contributed by atoms with E-state index in [2.05, 4.69) is 0 Å². The highest BCUT2D eigenvalue weighted by Gasteiger charge is 2.31. The van der Waals surface area contributed by atoms with Gasteiger partial charge < -0.3 is 16.2 Å². The summed E-state index contributed by atoms with van der Waals surface area (Å²) in [7, 11) is 0. The Kier molecular flexibility index (Phi) is 3.07. The van der Waals surface area contributed by atoms with Gasteiger partial charge in [0.05, 0.1) is 6.54 Å². The molecule has 1 aromatic rings. The third-order valence-electron chi connectivity index (χ3n) is 2.62. The molecule has 0 radical (unpaired) electrons. The first-order valence-electron chi connectivity index (χ1n) is 5.22. The molecule has 1 saturated heterocycles. The molecule has 2 rings (SSSR count). The number of nitrogens with zero attached hydrogens (tertiary/aromatic N) is 1. The zero-order chi connectivity index (χ0) is 11.5. The second-order valence-corrected chi connectivity index (χ2v) is 3.72. The van der Waals surface area contributed by atoms with Gasteiger partial charge in [-0.1, -0.05) is 12.1 Å². The Labute approximate surface area is 94.0 Å². The summed E-state index contributed by atoms with van der Waals surface area (Å²) in [6.07, 6.45) is -0.544. The van der Waals surface area contributed by atoms with Gasteiger partial charge in [0.15, 0.2) is 0 Å². The summed E-state index contributed by atoms with van der Waals surface area (Å²) in [5.41, 5.74) is 12.8. The van der Waals surface area contributed by atoms with Crippen LogP contribution in [0.1, 0.15) is 5.56 Å². The lowest BCUT2D eigenvalue weighted by atomic mass is 10.2. The Bertz CT molecular complexity index is 377. The monoisotopic (exact) mass is 221 g/mol. The van der Waals surface area contributed by atoms with E-state index < -0.39 is 0 Å². The van der Waals surface area contributed by atoms with Crippen LogP contribution in [0, 0.1) is 0 Å². The molecule has 1 heterocycles. The molecule has 0 bridgehead atoms. The van der Waals surface area contributed by atoms with E-state index in [4.69, 9.17) is 16.2 Å². The van der Waals surface area contributed by atoms with E-state index in [-0.39, 0.29) is 12.2 Å². The molecule has 1 aliphatic rings. The van der Waals surface area contributed by atoms with E-state index in [0.29, 0.717) is 19.6 Å². The normalized spacial score (nSPS) is 20.0. The number of rotatable bonds is 3. The largest absolute Gasteiger partial charge is 0.443 e. The number of carbonyl (C=O) groups is 1. The van der Waals surface area contributed by atoms with Gasteiger partial charge in [0, 0.05) is 18.8 Å². The molecule has 16 heavy (non-hydrogen) atoms. The first-order chi connectivity index (χ1) is 7.74. The predicted octanol–water partition coefficient (Wildman–Crippen LogP) is 0.429. The SMILES string of the molecule is NCc1ccc(N2C[C@H](CN)OC2=O)cc1. The second-order valence-electron chi connectivity index (χ2n) is 3.72. The Hall–Kier alpha value is -1.59. The summed E-state index contributed by atoms with van der Waals surface area (Å²) >= 11 is 0. The van der Waals surface area contributed by atoms with Crippen LogP contribution in [0.3, 0.4) is 0 Å². The Morgan fingerprint density at radius 2 is 2.00 bits per heavy atom. The van der Waals surface area contributed by atoms with Crippen molar-refractivity contribution in [1.29, 1.82) is 0 Å². The molecule has 0 spiro atoms. The van der Waals surface area contributed by atoms with Crippen LogP contribution >= 0.6 is 0 Å². The van der Waals surface area contributed by atoms with Crippen LogP contribution in [-0.4, -0.2) is 25.3 Å². The molecular formula is C11H15N3O2. The van der Waals surface area contributed by atoms with Crippen molar-refractivity contribution in [3.8, 4) is 0 Å². The molecule has 0 aromatic heterocycles. The summed E-state index contributed by atoms with van der Waals surface area (Å²) in [4.78, 5) is 13.1. The lowest BCUT2D eigenvalue weighted by molar-refractivity contribution is 0.145. The fourth-order valence-electron chi connectivity index (χ4n) is 1.67. The van der Waals surface area contributed by atoms with Crippen LogP contribution in [0.25, 0.3) is 0 Å². The third-order valence-corrected chi connectivity index (χ3v) is 2.62. The smallest absolute Gasteiger partial charge is 0.414 e. The zero-order valence-electron chi connectivity index (χ0n) is 8.93. The molecule has 0 aliphatic carbocycles. The van der Waals surface area contributed by atoms with E-state index >= 15 is 0 Å². The van der Waals surface area contributed by atoms with Gasteiger partial charge in [-0.3, -0.25) is 4.90 Å². The van der Waals surface area contributed by atoms with Gasteiger partial charge in [-0.05, 0) is 17.7 Å². The van der Waals surface area contributed by atoms with Gasteiger partial charge in [-0.15, -0.1) is 0 Å². The van der Waals surface area contributed by atoms with Crippen LogP contribution in [-0.2, 0) is 11.3 Å². The van der Waals surface area contributed by atoms with Crippen LogP contribution < -0.4 is 16.4 Å². The molecule has 5 nitrogen and oxygen atoms in total. The van der Waals surface area contributed by atoms with Crippen molar-refractivity contribution >= 4 is 11.8 Å². The number of amides is 1. The highest BCUT2D eigenvalue weighted by atomic mass is 16.6. The maximum absolute atomic E-state index is 11.5. The third kappa shape index (κ3) is 2.00. The van der Waals surface area contributed by atoms with Gasteiger partial charge in [0.2, 0.25) is 0 Å². The van der Waals surface area contributed by atoms with E-state index in [1.54, 1.807) is 4.90 Å². The summed E-state index contributed by atoms with van der Waals surface area (Å²) in [6, 6.07) is 7.53. The number of anilines is 1. The van der Waals surface area contributed by atoms with Crippen LogP contribution in [0.5, 0.6) is 0 Å². The Balaban J connectivity index is 2.15. The van der Waals surface area contributed by atoms with Crippen LogP contribution in [0.2, 0.25) is 0 Å². The number of benzene rings is 1. The van der Waals surface area contributed by atoms with Gasteiger partial charge in [0.1, 0.15) is 6.10 Å². The van der Waals surface area contributed by atoms with Crippen molar-refractivity contribution in [1.82, 2.24) is 0 Å². The lowest BCUT2D eigenvalue weighted by Gasteiger charge is -2.12. The maximum atomic E-state index is 11.5. The van der Waals surface area contributed by atoms with E-state index in [9.17, 15) is 4.79 Å². The van der Waals surface area contributed by atoms with Crippen LogP contribution in [0.4, 0.5) is 10.5 Å². The molecule has 4 N–H and O–H groups in total. The first kappa shape index (κ1) is 10.9. The van der Waals surface area contributed by atoms with Crippen molar-refractivity contribution in [2.24, 2.45) is 11.5 Å². The summed E-state index contributed by atoms with van der Waals surface area (Å²) in [5.74, 6) is 0. The number of cyclic esters (lactones) is 1. The molecule has 86 valence electrons. The molecule has 1 atom stereocenters. The predicted molar refractivity (Wildman–Crippen MR) is 61.0 cm³/mol. The number of nitrogens with two attached hydrogens (primary N) is 2. The van der Waals surface area contributed by atoms with Gasteiger partial charge >= 0.3 is 6.09 Å². The highest BCUT2D eigenvalue weighted by molar-refractivity contribution is 5.89. The van der Waals surface area contributed by atoms with E-state index in [0.717, 1.165) is 11.3 Å². The van der Waals surface area contributed by atoms with Crippen LogP contribution in [0.15, 0.2) is 24.3 Å². The lowest BCUT2D eigenvalue weighted by Crippen LogP contribution is -2.27. The van der Waals surface area contributed by atoms with E-state index in [1.807, 2.05) is 24.3 Å². The van der Waals surface area contributed by atoms with Crippen molar-refractivity contribution in [3.05, 3.63) is 29.8 Å². The van der Waals surface area contributed by atoms with Crippen molar-refractivity contribution < 1.29 is 9.53 Å². The molecule has 0 saturated carbocycles. The average molecular weight is 221 g/mol. The standard InChI is InChI=1S/C11H15N3O2/c12-5-8-1-3-9(4-2-8)14-7-10(6-13)16-11(14)15/h1-4,10H,5-7,12-13H2/t10-/m0/s1. The van der Waals surface area contributed by atoms with Gasteiger partial charge in [-0.25, -0.2) is 4.79 Å². The topological polar surface area (TPSA) is 81.6 Å². The number of ether oxygens (including phenoxy) is 1. The highest BCUT2D eigenvalue weighted by Crippen LogP contribution is 2.21. The summed E-state index contributed by atoms with van der Waals surface area (Å²) in [5, 5.41) is 0. The molecule has 1 aliphatic heterocycles. The quantitative estimate of drug-likeness (QED) is 0.775. The van der Waals surface area contributed by atoms with Gasteiger partial charge in [-0.2, -0.15) is 0 Å². The second kappa shape index (κ2) is 4.51.